The van der Waals surface area contributed by atoms with Crippen LogP contribution in [0.2, 0.25) is 0 Å². The smallest absolute Gasteiger partial charge is 0.183 e. The Morgan fingerprint density at radius 2 is 2.10 bits per heavy atom. The van der Waals surface area contributed by atoms with Gasteiger partial charge in [-0.2, -0.15) is 5.26 Å². The summed E-state index contributed by atoms with van der Waals surface area (Å²) >= 11 is 1.36. The molecule has 0 atom stereocenters. The van der Waals surface area contributed by atoms with E-state index in [4.69, 9.17) is 5.26 Å². The number of aliphatic imine (C=N–C) groups is 1. The molecule has 0 radical (unpaired) electrons. The first-order valence-electron chi connectivity index (χ1n) is 5.77. The van der Waals surface area contributed by atoms with Crippen LogP contribution in [0.1, 0.15) is 0 Å². The maximum absolute atomic E-state index is 9.75. The average molecular weight is 284 g/mol. The van der Waals surface area contributed by atoms with Gasteiger partial charge in [-0.1, -0.05) is 23.9 Å². The topological polar surface area (TPSA) is 81.3 Å². The number of aromatic nitrogens is 1. The van der Waals surface area contributed by atoms with Crippen LogP contribution in [-0.2, 0) is 0 Å². The summed E-state index contributed by atoms with van der Waals surface area (Å²) in [6, 6.07) is 10.5. The fourth-order valence-corrected chi connectivity index (χ4v) is 1.95. The van der Waals surface area contributed by atoms with Crippen LogP contribution in [-0.4, -0.2) is 21.5 Å². The molecule has 2 rings (SSSR count). The van der Waals surface area contributed by atoms with Crippen LogP contribution >= 0.6 is 11.8 Å². The second kappa shape index (κ2) is 6.59. The molecule has 0 aliphatic heterocycles. The number of rotatable bonds is 2. The molecule has 100 valence electrons. The van der Waals surface area contributed by atoms with Gasteiger partial charge in [-0.25, -0.2) is 4.99 Å². The summed E-state index contributed by atoms with van der Waals surface area (Å²) in [4.78, 5) is 8.43. The molecule has 0 saturated carbocycles. The Bertz CT molecular complexity index is 662. The molecule has 0 unspecified atom stereocenters. The first-order chi connectivity index (χ1) is 9.74. The van der Waals surface area contributed by atoms with E-state index in [2.05, 4.69) is 15.3 Å². The van der Waals surface area contributed by atoms with E-state index in [1.807, 2.05) is 24.6 Å². The van der Waals surface area contributed by atoms with Gasteiger partial charge in [0.25, 0.3) is 0 Å². The van der Waals surface area contributed by atoms with E-state index in [0.29, 0.717) is 10.9 Å². The first-order valence-corrected chi connectivity index (χ1v) is 6.99. The molecule has 6 heteroatoms. The lowest BCUT2D eigenvalue weighted by atomic mass is 10.1. The van der Waals surface area contributed by atoms with Crippen LogP contribution in [0.5, 0.6) is 5.75 Å². The summed E-state index contributed by atoms with van der Waals surface area (Å²) in [5.41, 5.74) is 2.06. The van der Waals surface area contributed by atoms with Crippen molar-refractivity contribution in [2.45, 2.75) is 0 Å². The van der Waals surface area contributed by atoms with Gasteiger partial charge in [-0.3, -0.25) is 10.3 Å². The molecule has 0 fully saturated rings. The lowest BCUT2D eigenvalue weighted by Gasteiger charge is -2.04. The summed E-state index contributed by atoms with van der Waals surface area (Å²) in [5.74, 6) is 0.139. The normalized spacial score (nSPS) is 10.9. The van der Waals surface area contributed by atoms with Crippen LogP contribution < -0.4 is 5.32 Å². The zero-order valence-corrected chi connectivity index (χ0v) is 11.6. The maximum Gasteiger partial charge on any atom is 0.183 e. The number of thioether (sulfide) groups is 1. The second-order valence-corrected chi connectivity index (χ2v) is 4.57. The highest BCUT2D eigenvalue weighted by Crippen LogP contribution is 2.27. The van der Waals surface area contributed by atoms with Gasteiger partial charge >= 0.3 is 0 Å². The van der Waals surface area contributed by atoms with Crippen molar-refractivity contribution in [3.63, 3.8) is 0 Å². The number of aromatic hydroxyl groups is 1. The van der Waals surface area contributed by atoms with Crippen LogP contribution in [0.4, 0.5) is 5.69 Å². The van der Waals surface area contributed by atoms with Crippen molar-refractivity contribution >= 4 is 22.6 Å². The zero-order chi connectivity index (χ0) is 14.4. The van der Waals surface area contributed by atoms with Crippen molar-refractivity contribution in [1.82, 2.24) is 10.3 Å². The van der Waals surface area contributed by atoms with Gasteiger partial charge in [0.05, 0.1) is 5.69 Å². The fourth-order valence-electron chi connectivity index (χ4n) is 1.60. The van der Waals surface area contributed by atoms with Crippen LogP contribution in [0.15, 0.2) is 47.6 Å². The van der Waals surface area contributed by atoms with Crippen molar-refractivity contribution in [3.05, 3.63) is 42.6 Å². The van der Waals surface area contributed by atoms with Gasteiger partial charge in [0.1, 0.15) is 11.4 Å². The minimum absolute atomic E-state index is 0.139. The van der Waals surface area contributed by atoms with Gasteiger partial charge in [0, 0.05) is 11.8 Å². The molecule has 0 aliphatic carbocycles. The molecule has 2 aromatic rings. The average Bonchev–Trinajstić information content (AvgIpc) is 2.48. The van der Waals surface area contributed by atoms with Crippen LogP contribution in [0, 0.1) is 11.5 Å². The molecule has 0 amide bonds. The van der Waals surface area contributed by atoms with Crippen LogP contribution in [0.25, 0.3) is 11.3 Å². The number of nitriles is 1. The van der Waals surface area contributed by atoms with E-state index in [9.17, 15) is 5.11 Å². The molecule has 0 spiro atoms. The second-order valence-electron chi connectivity index (χ2n) is 3.78. The highest BCUT2D eigenvalue weighted by atomic mass is 32.2. The molecule has 1 aromatic heterocycles. The molecule has 0 aliphatic rings. The number of hydrogen-bond donors (Lipinski definition) is 2. The van der Waals surface area contributed by atoms with Crippen molar-refractivity contribution in [1.29, 1.82) is 5.26 Å². The molecular formula is C14H12N4OS. The molecular weight excluding hydrogens is 272 g/mol. The lowest BCUT2D eigenvalue weighted by Crippen LogP contribution is -2.12. The highest BCUT2D eigenvalue weighted by molar-refractivity contribution is 8.13. The van der Waals surface area contributed by atoms with Gasteiger partial charge in [-0.15, -0.1) is 0 Å². The molecule has 20 heavy (non-hydrogen) atoms. The van der Waals surface area contributed by atoms with E-state index >= 15 is 0 Å². The molecule has 5 nitrogen and oxygen atoms in total. The van der Waals surface area contributed by atoms with Gasteiger partial charge in [0.15, 0.2) is 11.4 Å². The highest BCUT2D eigenvalue weighted by Gasteiger charge is 2.04. The minimum Gasteiger partial charge on any atom is -0.506 e. The third-order valence-corrected chi connectivity index (χ3v) is 3.09. The summed E-state index contributed by atoms with van der Waals surface area (Å²) in [7, 11) is 0. The van der Waals surface area contributed by atoms with E-state index in [1.165, 1.54) is 11.8 Å². The number of nitrogens with zero attached hydrogens (tertiary/aromatic N) is 3. The predicted molar refractivity (Wildman–Crippen MR) is 80.7 cm³/mol. The Labute approximate surface area is 121 Å². The number of hydrogen-bond acceptors (Lipinski definition) is 5. The summed E-state index contributed by atoms with van der Waals surface area (Å²) in [6.45, 7) is 0. The number of amidine groups is 1. The fraction of sp³-hybridized carbons (Fsp3) is 0.0714. The van der Waals surface area contributed by atoms with E-state index in [1.54, 1.807) is 30.5 Å². The minimum atomic E-state index is 0.139. The van der Waals surface area contributed by atoms with Gasteiger partial charge < -0.3 is 5.11 Å². The monoisotopic (exact) mass is 284 g/mol. The largest absolute Gasteiger partial charge is 0.506 e. The quantitative estimate of drug-likeness (QED) is 0.383. The first kappa shape index (κ1) is 13.9. The van der Waals surface area contributed by atoms with Gasteiger partial charge in [-0.05, 0) is 30.5 Å². The summed E-state index contributed by atoms with van der Waals surface area (Å²) in [6.07, 6.45) is 5.30. The Hall–Kier alpha value is -2.52. The van der Waals surface area contributed by atoms with Crippen molar-refractivity contribution in [2.75, 3.05) is 6.26 Å². The predicted octanol–water partition coefficient (Wildman–Crippen LogP) is 2.88. The van der Waals surface area contributed by atoms with Gasteiger partial charge in [0.2, 0.25) is 0 Å². The van der Waals surface area contributed by atoms with Crippen LogP contribution in [0.3, 0.4) is 0 Å². The Morgan fingerprint density at radius 1 is 1.35 bits per heavy atom. The molecule has 1 heterocycles. The third-order valence-electron chi connectivity index (χ3n) is 2.51. The molecule has 1 aromatic carbocycles. The van der Waals surface area contributed by atoms with Crippen molar-refractivity contribution < 1.29 is 5.11 Å². The zero-order valence-electron chi connectivity index (χ0n) is 10.7. The standard InChI is InChI=1S/C14H12N4OS/c1-20-14(17-9-15)18-11-6-4-10(5-7-11)13-12(19)3-2-8-16-13/h2-8,19H,1H3,(H,17,18). The molecule has 2 N–H and O–H groups in total. The lowest BCUT2D eigenvalue weighted by molar-refractivity contribution is 0.475. The van der Waals surface area contributed by atoms with Crippen molar-refractivity contribution in [2.24, 2.45) is 4.99 Å². The number of pyridine rings is 1. The number of benzene rings is 1. The van der Waals surface area contributed by atoms with E-state index < -0.39 is 0 Å². The third kappa shape index (κ3) is 3.28. The Balaban J connectivity index is 2.27. The molecule has 0 bridgehead atoms. The van der Waals surface area contributed by atoms with E-state index in [-0.39, 0.29) is 5.75 Å². The van der Waals surface area contributed by atoms with Crippen molar-refractivity contribution in [3.8, 4) is 23.2 Å². The SMILES string of the molecule is CSC(=Nc1ccc(-c2ncccc2O)cc1)NC#N. The summed E-state index contributed by atoms with van der Waals surface area (Å²) in [5, 5.41) is 21.4. The number of nitrogens with one attached hydrogen (secondary N) is 1. The maximum atomic E-state index is 9.75. The molecule has 0 saturated heterocycles. The Morgan fingerprint density at radius 3 is 2.70 bits per heavy atom. The Kier molecular flexibility index (Phi) is 4.58. The summed E-state index contributed by atoms with van der Waals surface area (Å²) < 4.78 is 0. The van der Waals surface area contributed by atoms with E-state index in [0.717, 1.165) is 11.3 Å².